The first-order chi connectivity index (χ1) is 7.17. The van der Waals surface area contributed by atoms with Crippen LogP contribution in [0.15, 0.2) is 16.5 Å². The topological polar surface area (TPSA) is 36.9 Å². The molecule has 0 N–H and O–H groups in total. The van der Waals surface area contributed by atoms with Crippen molar-refractivity contribution in [2.45, 2.75) is 13.3 Å². The molecule has 0 bridgehead atoms. The number of hydrogen-bond donors (Lipinski definition) is 0. The highest BCUT2D eigenvalue weighted by Gasteiger charge is 2.15. The summed E-state index contributed by atoms with van der Waals surface area (Å²) in [7, 11) is 0. The quantitative estimate of drug-likeness (QED) is 0.749. The van der Waals surface area contributed by atoms with Gasteiger partial charge in [0, 0.05) is 16.0 Å². The lowest BCUT2D eigenvalue weighted by molar-refractivity contribution is 0.594. The molecule has 0 saturated heterocycles. The SMILES string of the molecule is CCc1c(C#N)oc2c(Cl)cc(Cl)cc12. The summed E-state index contributed by atoms with van der Waals surface area (Å²) in [4.78, 5) is 0. The van der Waals surface area contributed by atoms with Crippen molar-refractivity contribution in [3.8, 4) is 6.07 Å². The Balaban J connectivity index is 2.90. The molecule has 0 aliphatic rings. The van der Waals surface area contributed by atoms with Crippen molar-refractivity contribution in [1.29, 1.82) is 5.26 Å². The zero-order valence-electron chi connectivity index (χ0n) is 7.97. The van der Waals surface area contributed by atoms with Gasteiger partial charge in [0.15, 0.2) is 5.58 Å². The summed E-state index contributed by atoms with van der Waals surface area (Å²) in [6.07, 6.45) is 0.715. The van der Waals surface area contributed by atoms with Gasteiger partial charge in [-0.15, -0.1) is 0 Å². The molecule has 1 heterocycles. The average molecular weight is 240 g/mol. The zero-order chi connectivity index (χ0) is 11.0. The predicted molar refractivity (Wildman–Crippen MR) is 60.3 cm³/mol. The van der Waals surface area contributed by atoms with E-state index in [1.807, 2.05) is 13.0 Å². The van der Waals surface area contributed by atoms with Crippen molar-refractivity contribution in [2.75, 3.05) is 0 Å². The molecule has 0 radical (unpaired) electrons. The van der Waals surface area contributed by atoms with Gasteiger partial charge in [-0.3, -0.25) is 0 Å². The molecule has 4 heteroatoms. The van der Waals surface area contributed by atoms with Gasteiger partial charge in [-0.1, -0.05) is 30.1 Å². The van der Waals surface area contributed by atoms with E-state index in [0.717, 1.165) is 10.9 Å². The Bertz CT molecular complexity index is 566. The Kier molecular flexibility index (Phi) is 2.60. The van der Waals surface area contributed by atoms with E-state index in [9.17, 15) is 0 Å². The van der Waals surface area contributed by atoms with Crippen LogP contribution in [0.2, 0.25) is 10.0 Å². The van der Waals surface area contributed by atoms with Crippen LogP contribution in [0.4, 0.5) is 0 Å². The van der Waals surface area contributed by atoms with Gasteiger partial charge in [-0.25, -0.2) is 0 Å². The number of rotatable bonds is 1. The molecule has 2 rings (SSSR count). The Labute approximate surface area is 97.0 Å². The zero-order valence-corrected chi connectivity index (χ0v) is 9.49. The maximum atomic E-state index is 8.89. The Morgan fingerprint density at radius 3 is 2.73 bits per heavy atom. The molecule has 0 unspecified atom stereocenters. The average Bonchev–Trinajstić information content (AvgIpc) is 2.55. The second-order valence-corrected chi connectivity index (χ2v) is 3.98. The normalized spacial score (nSPS) is 10.5. The number of hydrogen-bond acceptors (Lipinski definition) is 2. The fourth-order valence-electron chi connectivity index (χ4n) is 1.62. The Hall–Kier alpha value is -1.17. The number of nitriles is 1. The van der Waals surface area contributed by atoms with Crippen LogP contribution in [0.5, 0.6) is 0 Å². The Morgan fingerprint density at radius 1 is 1.40 bits per heavy atom. The van der Waals surface area contributed by atoms with Crippen LogP contribution in [-0.2, 0) is 6.42 Å². The summed E-state index contributed by atoms with van der Waals surface area (Å²) in [5.74, 6) is 0.316. The summed E-state index contributed by atoms with van der Waals surface area (Å²) >= 11 is 11.9. The molecule has 0 fully saturated rings. The standard InChI is InChI=1S/C11H7Cl2NO/c1-2-7-8-3-6(12)4-9(13)11(8)15-10(7)5-14/h3-4H,2H2,1H3. The predicted octanol–water partition coefficient (Wildman–Crippen LogP) is 4.17. The highest BCUT2D eigenvalue weighted by Crippen LogP contribution is 2.34. The molecule has 1 aromatic heterocycles. The molecule has 0 amide bonds. The number of furan rings is 1. The highest BCUT2D eigenvalue weighted by atomic mass is 35.5. The first-order valence-electron chi connectivity index (χ1n) is 4.48. The van der Waals surface area contributed by atoms with Gasteiger partial charge in [0.25, 0.3) is 0 Å². The van der Waals surface area contributed by atoms with Gasteiger partial charge in [0.1, 0.15) is 6.07 Å². The third-order valence-corrected chi connectivity index (χ3v) is 2.77. The van der Waals surface area contributed by atoms with Crippen LogP contribution >= 0.6 is 23.2 Å². The van der Waals surface area contributed by atoms with Crippen LogP contribution in [0.25, 0.3) is 11.0 Å². The molecule has 15 heavy (non-hydrogen) atoms. The molecule has 1 aromatic carbocycles. The number of nitrogens with zero attached hydrogens (tertiary/aromatic N) is 1. The second kappa shape index (κ2) is 3.77. The Morgan fingerprint density at radius 2 is 2.13 bits per heavy atom. The molecule has 0 atom stereocenters. The minimum Gasteiger partial charge on any atom is -0.444 e. The molecule has 76 valence electrons. The van der Waals surface area contributed by atoms with Crippen LogP contribution in [-0.4, -0.2) is 0 Å². The number of aryl methyl sites for hydroxylation is 1. The maximum Gasteiger partial charge on any atom is 0.208 e. The smallest absolute Gasteiger partial charge is 0.208 e. The summed E-state index contributed by atoms with van der Waals surface area (Å²) in [5, 5.41) is 10.7. The van der Waals surface area contributed by atoms with Gasteiger partial charge in [0.05, 0.1) is 5.02 Å². The molecular weight excluding hydrogens is 233 g/mol. The molecule has 0 aliphatic heterocycles. The number of halogens is 2. The third kappa shape index (κ3) is 1.58. The fraction of sp³-hybridized carbons (Fsp3) is 0.182. The summed E-state index contributed by atoms with van der Waals surface area (Å²) in [6.45, 7) is 1.96. The van der Waals surface area contributed by atoms with Crippen molar-refractivity contribution in [1.82, 2.24) is 0 Å². The molecule has 2 aromatic rings. The lowest BCUT2D eigenvalue weighted by Crippen LogP contribution is -1.80. The monoisotopic (exact) mass is 239 g/mol. The van der Waals surface area contributed by atoms with Crippen LogP contribution in [0, 0.1) is 11.3 Å². The van der Waals surface area contributed by atoms with E-state index < -0.39 is 0 Å². The van der Waals surface area contributed by atoms with Crippen molar-refractivity contribution >= 4 is 34.2 Å². The third-order valence-electron chi connectivity index (χ3n) is 2.27. The van der Waals surface area contributed by atoms with Crippen molar-refractivity contribution < 1.29 is 4.42 Å². The lowest BCUT2D eigenvalue weighted by atomic mass is 10.1. The molecule has 0 aliphatic carbocycles. The first kappa shape index (κ1) is 10.4. The van der Waals surface area contributed by atoms with E-state index in [-0.39, 0.29) is 0 Å². The first-order valence-corrected chi connectivity index (χ1v) is 5.23. The molecule has 0 spiro atoms. The molecule has 2 nitrogen and oxygen atoms in total. The van der Waals surface area contributed by atoms with Gasteiger partial charge in [0.2, 0.25) is 5.76 Å². The highest BCUT2D eigenvalue weighted by molar-refractivity contribution is 6.38. The summed E-state index contributed by atoms with van der Waals surface area (Å²) in [6, 6.07) is 5.39. The largest absolute Gasteiger partial charge is 0.444 e. The van der Waals surface area contributed by atoms with Gasteiger partial charge < -0.3 is 4.42 Å². The van der Waals surface area contributed by atoms with E-state index in [0.29, 0.717) is 27.8 Å². The molecule has 0 saturated carbocycles. The van der Waals surface area contributed by atoms with Crippen molar-refractivity contribution in [2.24, 2.45) is 0 Å². The van der Waals surface area contributed by atoms with E-state index in [1.54, 1.807) is 12.1 Å². The molecular formula is C11H7Cl2NO. The van der Waals surface area contributed by atoms with Crippen molar-refractivity contribution in [3.05, 3.63) is 33.5 Å². The minimum atomic E-state index is 0.316. The van der Waals surface area contributed by atoms with E-state index in [4.69, 9.17) is 32.9 Å². The van der Waals surface area contributed by atoms with Crippen LogP contribution < -0.4 is 0 Å². The van der Waals surface area contributed by atoms with Gasteiger partial charge in [-0.05, 0) is 18.6 Å². The van der Waals surface area contributed by atoms with Gasteiger partial charge >= 0.3 is 0 Å². The lowest BCUT2D eigenvalue weighted by Gasteiger charge is -1.95. The summed E-state index contributed by atoms with van der Waals surface area (Å²) < 4.78 is 5.37. The number of fused-ring (bicyclic) bond motifs is 1. The minimum absolute atomic E-state index is 0.316. The van der Waals surface area contributed by atoms with E-state index >= 15 is 0 Å². The maximum absolute atomic E-state index is 8.89. The van der Waals surface area contributed by atoms with Crippen LogP contribution in [0.3, 0.4) is 0 Å². The van der Waals surface area contributed by atoms with Crippen LogP contribution in [0.1, 0.15) is 18.2 Å². The fourth-order valence-corrected chi connectivity index (χ4v) is 2.15. The van der Waals surface area contributed by atoms with E-state index in [2.05, 4.69) is 0 Å². The summed E-state index contributed by atoms with van der Waals surface area (Å²) in [5.41, 5.74) is 1.39. The van der Waals surface area contributed by atoms with Gasteiger partial charge in [-0.2, -0.15) is 5.26 Å². The van der Waals surface area contributed by atoms with Crippen molar-refractivity contribution in [3.63, 3.8) is 0 Å². The number of benzene rings is 1. The van der Waals surface area contributed by atoms with E-state index in [1.165, 1.54) is 0 Å². The second-order valence-electron chi connectivity index (χ2n) is 3.14.